The second-order valence-electron chi connectivity index (χ2n) is 10.3. The van der Waals surface area contributed by atoms with E-state index < -0.39 is 40.3 Å². The van der Waals surface area contributed by atoms with Crippen molar-refractivity contribution in [2.24, 2.45) is 0 Å². The van der Waals surface area contributed by atoms with Gasteiger partial charge in [0.05, 0.1) is 29.3 Å². The van der Waals surface area contributed by atoms with Crippen molar-refractivity contribution in [2.45, 2.75) is 58.0 Å². The molecule has 0 spiro atoms. The van der Waals surface area contributed by atoms with Crippen LogP contribution in [-0.2, 0) is 24.2 Å². The molecule has 2 aromatic carbocycles. The van der Waals surface area contributed by atoms with Gasteiger partial charge in [-0.25, -0.2) is 31.9 Å². The number of nitrogens with zero attached hydrogens (tertiary/aromatic N) is 3. The third-order valence-corrected chi connectivity index (χ3v) is 7.96. The van der Waals surface area contributed by atoms with Crippen molar-refractivity contribution in [3.63, 3.8) is 0 Å². The van der Waals surface area contributed by atoms with Gasteiger partial charge in [0.2, 0.25) is 16.0 Å². The van der Waals surface area contributed by atoms with Gasteiger partial charge in [0.15, 0.2) is 6.29 Å². The standard InChI is InChI=1S/C31H36FN3O6S/c1-6-39-27-19-25(41-30(36)22-10-8-7-9-11-22)18-24(40-27)16-17-26-28(20(2)3)33-31(35(4)42(5,37)38)34-29(26)21-12-14-23(32)15-13-21/h7-17,20,24-25,27H,6,18-19H2,1-5H3/b17-16+/t24-,25-,27?/m1/s1. The van der Waals surface area contributed by atoms with Crippen molar-refractivity contribution in [1.82, 2.24) is 9.97 Å². The Hall–Kier alpha value is -3.67. The molecule has 1 fully saturated rings. The van der Waals surface area contributed by atoms with Crippen molar-refractivity contribution >= 4 is 28.0 Å². The number of hydrogen-bond donors (Lipinski definition) is 0. The highest BCUT2D eigenvalue weighted by atomic mass is 32.2. The summed E-state index contributed by atoms with van der Waals surface area (Å²) in [5.74, 6) is -0.922. The molecule has 0 aliphatic carbocycles. The molecule has 3 aromatic rings. The van der Waals surface area contributed by atoms with E-state index in [9.17, 15) is 17.6 Å². The fourth-order valence-electron chi connectivity index (χ4n) is 4.58. The largest absolute Gasteiger partial charge is 0.458 e. The zero-order valence-corrected chi connectivity index (χ0v) is 25.2. The van der Waals surface area contributed by atoms with E-state index in [0.717, 1.165) is 10.6 Å². The summed E-state index contributed by atoms with van der Waals surface area (Å²) >= 11 is 0. The second kappa shape index (κ2) is 13.5. The molecular weight excluding hydrogens is 561 g/mol. The minimum absolute atomic E-state index is 0.0101. The van der Waals surface area contributed by atoms with Crippen LogP contribution in [0.25, 0.3) is 17.3 Å². The number of aromatic nitrogens is 2. The van der Waals surface area contributed by atoms with Crippen molar-refractivity contribution < 1.29 is 31.8 Å². The summed E-state index contributed by atoms with van der Waals surface area (Å²) in [4.78, 5) is 22.0. The van der Waals surface area contributed by atoms with Gasteiger partial charge >= 0.3 is 5.97 Å². The Kier molecular flexibility index (Phi) is 10.1. The van der Waals surface area contributed by atoms with E-state index in [0.29, 0.717) is 47.5 Å². The SMILES string of the molecule is CCOC1C[C@H](OC(=O)c2ccccc2)C[C@@H](/C=C/c2c(-c3ccc(F)cc3)nc(N(C)S(C)(=O)=O)nc2C(C)C)O1. The van der Waals surface area contributed by atoms with Crippen LogP contribution in [0.3, 0.4) is 0 Å². The van der Waals surface area contributed by atoms with E-state index >= 15 is 0 Å². The molecule has 3 atom stereocenters. The van der Waals surface area contributed by atoms with E-state index in [4.69, 9.17) is 14.2 Å². The maximum absolute atomic E-state index is 13.8. The molecule has 0 N–H and O–H groups in total. The second-order valence-corrected chi connectivity index (χ2v) is 12.4. The molecule has 0 saturated carbocycles. The lowest BCUT2D eigenvalue weighted by molar-refractivity contribution is -0.201. The van der Waals surface area contributed by atoms with Gasteiger partial charge in [-0.3, -0.25) is 0 Å². The molecule has 1 saturated heterocycles. The monoisotopic (exact) mass is 597 g/mol. The average molecular weight is 598 g/mol. The van der Waals surface area contributed by atoms with Gasteiger partial charge in [0.1, 0.15) is 11.9 Å². The van der Waals surface area contributed by atoms with Crippen LogP contribution < -0.4 is 4.31 Å². The summed E-state index contributed by atoms with van der Waals surface area (Å²) in [6, 6.07) is 14.6. The van der Waals surface area contributed by atoms with Crippen LogP contribution in [-0.4, -0.2) is 62.8 Å². The Balaban J connectivity index is 1.71. The molecule has 1 aliphatic heterocycles. The molecule has 0 amide bonds. The van der Waals surface area contributed by atoms with Gasteiger partial charge in [-0.15, -0.1) is 0 Å². The maximum atomic E-state index is 13.8. The fourth-order valence-corrected chi connectivity index (χ4v) is 4.96. The third-order valence-electron chi connectivity index (χ3n) is 6.80. The summed E-state index contributed by atoms with van der Waals surface area (Å²) < 4.78 is 57.2. The van der Waals surface area contributed by atoms with Gasteiger partial charge in [-0.2, -0.15) is 0 Å². The highest BCUT2D eigenvalue weighted by molar-refractivity contribution is 7.92. The summed E-state index contributed by atoms with van der Waals surface area (Å²) in [5, 5.41) is 0. The van der Waals surface area contributed by atoms with Gasteiger partial charge in [-0.05, 0) is 49.2 Å². The van der Waals surface area contributed by atoms with Gasteiger partial charge in [-0.1, -0.05) is 44.2 Å². The summed E-state index contributed by atoms with van der Waals surface area (Å²) in [6.07, 6.45) is 4.05. The average Bonchev–Trinajstić information content (AvgIpc) is 2.95. The normalized spacial score (nSPS) is 19.3. The summed E-state index contributed by atoms with van der Waals surface area (Å²) in [5.41, 5.74) is 2.75. The van der Waals surface area contributed by atoms with E-state index in [1.54, 1.807) is 36.4 Å². The van der Waals surface area contributed by atoms with E-state index in [2.05, 4.69) is 9.97 Å². The van der Waals surface area contributed by atoms with Crippen molar-refractivity contribution in [3.05, 3.63) is 83.3 Å². The molecule has 1 aromatic heterocycles. The molecule has 1 unspecified atom stereocenters. The van der Waals surface area contributed by atoms with Crippen LogP contribution in [0.15, 0.2) is 60.7 Å². The Labute approximate surface area is 246 Å². The van der Waals surface area contributed by atoms with Crippen LogP contribution in [0.1, 0.15) is 61.1 Å². The third kappa shape index (κ3) is 7.78. The van der Waals surface area contributed by atoms with E-state index in [-0.39, 0.29) is 11.9 Å². The molecular formula is C31H36FN3O6S. The quantitative estimate of drug-likeness (QED) is 0.279. The Morgan fingerprint density at radius 2 is 1.81 bits per heavy atom. The van der Waals surface area contributed by atoms with Gasteiger partial charge < -0.3 is 14.2 Å². The van der Waals surface area contributed by atoms with Crippen molar-refractivity contribution in [1.29, 1.82) is 0 Å². The number of carbonyl (C=O) groups is 1. The van der Waals surface area contributed by atoms with Crippen LogP contribution in [0.4, 0.5) is 10.3 Å². The zero-order chi connectivity index (χ0) is 30.4. The first-order valence-corrected chi connectivity index (χ1v) is 15.6. The van der Waals surface area contributed by atoms with E-state index in [1.807, 2.05) is 39.0 Å². The molecule has 0 bridgehead atoms. The number of esters is 1. The number of halogens is 1. The minimum atomic E-state index is -3.64. The van der Waals surface area contributed by atoms with Crippen molar-refractivity contribution in [3.8, 4) is 11.3 Å². The van der Waals surface area contributed by atoms with Crippen LogP contribution in [0.2, 0.25) is 0 Å². The first-order valence-electron chi connectivity index (χ1n) is 13.8. The lowest BCUT2D eigenvalue weighted by Crippen LogP contribution is -2.38. The Morgan fingerprint density at radius 3 is 2.43 bits per heavy atom. The number of sulfonamides is 1. The molecule has 11 heteroatoms. The lowest BCUT2D eigenvalue weighted by Gasteiger charge is -2.33. The van der Waals surface area contributed by atoms with Gasteiger partial charge in [0, 0.05) is 37.6 Å². The molecule has 4 rings (SSSR count). The highest BCUT2D eigenvalue weighted by Gasteiger charge is 2.32. The van der Waals surface area contributed by atoms with Gasteiger partial charge in [0.25, 0.3) is 0 Å². The van der Waals surface area contributed by atoms with E-state index in [1.165, 1.54) is 19.2 Å². The molecule has 1 aliphatic rings. The first-order chi connectivity index (χ1) is 20.0. The van der Waals surface area contributed by atoms with Crippen LogP contribution in [0, 0.1) is 5.82 Å². The molecule has 2 heterocycles. The number of hydrogen-bond acceptors (Lipinski definition) is 8. The first kappa shape index (κ1) is 31.3. The highest BCUT2D eigenvalue weighted by Crippen LogP contribution is 2.33. The zero-order valence-electron chi connectivity index (χ0n) is 24.4. The number of benzene rings is 2. The van der Waals surface area contributed by atoms with Crippen LogP contribution in [0.5, 0.6) is 0 Å². The van der Waals surface area contributed by atoms with Crippen LogP contribution >= 0.6 is 0 Å². The fraction of sp³-hybridized carbons (Fsp3) is 0.387. The maximum Gasteiger partial charge on any atom is 0.338 e. The Bertz CT molecular complexity index is 1510. The molecule has 9 nitrogen and oxygen atoms in total. The molecule has 42 heavy (non-hydrogen) atoms. The smallest absolute Gasteiger partial charge is 0.338 e. The predicted octanol–water partition coefficient (Wildman–Crippen LogP) is 5.58. The predicted molar refractivity (Wildman–Crippen MR) is 159 cm³/mol. The van der Waals surface area contributed by atoms with Crippen molar-refractivity contribution in [2.75, 3.05) is 24.2 Å². The summed E-state index contributed by atoms with van der Waals surface area (Å²) in [7, 11) is -2.25. The molecule has 224 valence electrons. The number of carbonyl (C=O) groups excluding carboxylic acids is 1. The number of rotatable bonds is 10. The minimum Gasteiger partial charge on any atom is -0.458 e. The Morgan fingerprint density at radius 1 is 1.12 bits per heavy atom. The number of ether oxygens (including phenoxy) is 3. The lowest BCUT2D eigenvalue weighted by atomic mass is 9.96. The summed E-state index contributed by atoms with van der Waals surface area (Å²) in [6.45, 7) is 6.18. The topological polar surface area (TPSA) is 108 Å². The molecule has 0 radical (unpaired) electrons. The number of anilines is 1.